The Morgan fingerprint density at radius 1 is 1.32 bits per heavy atom. The number of hydrogen-bond acceptors (Lipinski definition) is 4. The van der Waals surface area contributed by atoms with E-state index in [4.69, 9.17) is 5.73 Å². The van der Waals surface area contributed by atoms with E-state index in [0.717, 1.165) is 12.1 Å². The van der Waals surface area contributed by atoms with Crippen molar-refractivity contribution in [2.45, 2.75) is 38.3 Å². The highest BCUT2D eigenvalue weighted by atomic mass is 32.2. The van der Waals surface area contributed by atoms with Gasteiger partial charge in [0.15, 0.2) is 9.84 Å². The van der Waals surface area contributed by atoms with Gasteiger partial charge in [0.25, 0.3) is 0 Å². The maximum absolute atomic E-state index is 12.3. The monoisotopic (exact) mass is 284 g/mol. The molecular formula is C14H24N2O2S. The minimum Gasteiger partial charge on any atom is -0.326 e. The van der Waals surface area contributed by atoms with Crippen molar-refractivity contribution in [1.82, 2.24) is 4.90 Å². The summed E-state index contributed by atoms with van der Waals surface area (Å²) in [6, 6.07) is 7.25. The van der Waals surface area contributed by atoms with Gasteiger partial charge in [0.05, 0.1) is 10.6 Å². The van der Waals surface area contributed by atoms with Gasteiger partial charge >= 0.3 is 0 Å². The van der Waals surface area contributed by atoms with Crippen LogP contribution in [0.5, 0.6) is 0 Å². The summed E-state index contributed by atoms with van der Waals surface area (Å²) in [7, 11) is -3.23. The predicted molar refractivity (Wildman–Crippen MR) is 78.8 cm³/mol. The molecule has 0 aliphatic carbocycles. The number of rotatable bonds is 7. The topological polar surface area (TPSA) is 63.4 Å². The summed E-state index contributed by atoms with van der Waals surface area (Å²) in [5.41, 5.74) is 6.39. The summed E-state index contributed by atoms with van der Waals surface area (Å²) in [6.07, 6.45) is 0. The SMILES string of the molecule is CCN(CCS(=O)(=O)c1cccc(CN)c1)C(C)C. The van der Waals surface area contributed by atoms with Crippen molar-refractivity contribution in [2.24, 2.45) is 5.73 Å². The van der Waals surface area contributed by atoms with E-state index >= 15 is 0 Å². The average molecular weight is 284 g/mol. The molecule has 5 heteroatoms. The van der Waals surface area contributed by atoms with Gasteiger partial charge in [0.1, 0.15) is 0 Å². The molecule has 2 N–H and O–H groups in total. The van der Waals surface area contributed by atoms with Crippen molar-refractivity contribution in [2.75, 3.05) is 18.8 Å². The first-order valence-corrected chi connectivity index (χ1v) is 8.31. The van der Waals surface area contributed by atoms with E-state index in [0.29, 0.717) is 24.0 Å². The molecule has 0 heterocycles. The fourth-order valence-corrected chi connectivity index (χ4v) is 3.33. The van der Waals surface area contributed by atoms with E-state index < -0.39 is 9.84 Å². The average Bonchev–Trinajstić information content (AvgIpc) is 2.39. The van der Waals surface area contributed by atoms with Crippen molar-refractivity contribution in [3.8, 4) is 0 Å². The van der Waals surface area contributed by atoms with Crippen molar-refractivity contribution in [3.05, 3.63) is 29.8 Å². The van der Waals surface area contributed by atoms with Gasteiger partial charge in [-0.1, -0.05) is 19.1 Å². The zero-order valence-corrected chi connectivity index (χ0v) is 12.8. The highest BCUT2D eigenvalue weighted by molar-refractivity contribution is 7.91. The molecule has 0 atom stereocenters. The molecule has 0 bridgehead atoms. The Kier molecular flexibility index (Phi) is 5.97. The maximum atomic E-state index is 12.3. The molecule has 0 fully saturated rings. The van der Waals surface area contributed by atoms with Crippen molar-refractivity contribution >= 4 is 9.84 Å². The molecule has 19 heavy (non-hydrogen) atoms. The second kappa shape index (κ2) is 7.03. The highest BCUT2D eigenvalue weighted by Gasteiger charge is 2.17. The third-order valence-electron chi connectivity index (χ3n) is 3.28. The largest absolute Gasteiger partial charge is 0.326 e. The predicted octanol–water partition coefficient (Wildman–Crippen LogP) is 1.65. The molecule has 0 saturated heterocycles. The van der Waals surface area contributed by atoms with Gasteiger partial charge in [-0.05, 0) is 38.1 Å². The summed E-state index contributed by atoms with van der Waals surface area (Å²) in [5.74, 6) is 0.146. The quantitative estimate of drug-likeness (QED) is 0.827. The fourth-order valence-electron chi connectivity index (χ4n) is 2.00. The smallest absolute Gasteiger partial charge is 0.179 e. The van der Waals surface area contributed by atoms with E-state index in [1.807, 2.05) is 13.0 Å². The van der Waals surface area contributed by atoms with Crippen LogP contribution < -0.4 is 5.73 Å². The standard InChI is InChI=1S/C14H24N2O2S/c1-4-16(12(2)3)8-9-19(17,18)14-7-5-6-13(10-14)11-15/h5-7,10,12H,4,8-9,11,15H2,1-3H3. The summed E-state index contributed by atoms with van der Waals surface area (Å²) in [6.45, 7) is 7.97. The lowest BCUT2D eigenvalue weighted by Gasteiger charge is -2.24. The molecule has 108 valence electrons. The molecule has 0 unspecified atom stereocenters. The van der Waals surface area contributed by atoms with Crippen LogP contribution in [0.25, 0.3) is 0 Å². The van der Waals surface area contributed by atoms with Crippen molar-refractivity contribution < 1.29 is 8.42 Å². The van der Waals surface area contributed by atoms with Gasteiger partial charge in [0, 0.05) is 19.1 Å². The molecule has 0 aromatic heterocycles. The number of sulfone groups is 1. The van der Waals surface area contributed by atoms with Gasteiger partial charge < -0.3 is 10.6 Å². The van der Waals surface area contributed by atoms with E-state index in [-0.39, 0.29) is 5.75 Å². The van der Waals surface area contributed by atoms with Gasteiger partial charge in [-0.15, -0.1) is 0 Å². The molecule has 0 saturated carbocycles. The van der Waals surface area contributed by atoms with Crippen molar-refractivity contribution in [3.63, 3.8) is 0 Å². The van der Waals surface area contributed by atoms with E-state index in [2.05, 4.69) is 18.7 Å². The molecule has 4 nitrogen and oxygen atoms in total. The van der Waals surface area contributed by atoms with Gasteiger partial charge in [0.2, 0.25) is 0 Å². The Hall–Kier alpha value is -0.910. The van der Waals surface area contributed by atoms with Crippen LogP contribution in [-0.2, 0) is 16.4 Å². The van der Waals surface area contributed by atoms with Crippen LogP contribution in [0.2, 0.25) is 0 Å². The number of hydrogen-bond donors (Lipinski definition) is 1. The van der Waals surface area contributed by atoms with Gasteiger partial charge in [-0.25, -0.2) is 8.42 Å². The van der Waals surface area contributed by atoms with Crippen LogP contribution in [0, 0.1) is 0 Å². The molecular weight excluding hydrogens is 260 g/mol. The van der Waals surface area contributed by atoms with Crippen LogP contribution in [-0.4, -0.2) is 38.2 Å². The molecule has 1 aromatic rings. The number of benzene rings is 1. The first kappa shape index (κ1) is 16.1. The summed E-state index contributed by atoms with van der Waals surface area (Å²) < 4.78 is 24.6. The molecule has 0 amide bonds. The Balaban J connectivity index is 2.80. The third-order valence-corrected chi connectivity index (χ3v) is 4.97. The molecule has 0 radical (unpaired) electrons. The lowest BCUT2D eigenvalue weighted by Crippen LogP contribution is -2.34. The van der Waals surface area contributed by atoms with Gasteiger partial charge in [-0.2, -0.15) is 0 Å². The van der Waals surface area contributed by atoms with Crippen molar-refractivity contribution in [1.29, 1.82) is 0 Å². The third kappa shape index (κ3) is 4.60. The molecule has 0 spiro atoms. The summed E-state index contributed by atoms with van der Waals surface area (Å²) in [4.78, 5) is 2.51. The van der Waals surface area contributed by atoms with E-state index in [1.165, 1.54) is 0 Å². The zero-order valence-electron chi connectivity index (χ0n) is 12.0. The highest BCUT2D eigenvalue weighted by Crippen LogP contribution is 2.14. The lowest BCUT2D eigenvalue weighted by atomic mass is 10.2. The fraction of sp³-hybridized carbons (Fsp3) is 0.571. The summed E-state index contributed by atoms with van der Waals surface area (Å²) in [5, 5.41) is 0. The van der Waals surface area contributed by atoms with Gasteiger partial charge in [-0.3, -0.25) is 0 Å². The maximum Gasteiger partial charge on any atom is 0.179 e. The molecule has 1 aromatic carbocycles. The van der Waals surface area contributed by atoms with Crippen LogP contribution in [0.3, 0.4) is 0 Å². The Bertz CT molecular complexity index is 498. The number of nitrogens with zero attached hydrogens (tertiary/aromatic N) is 1. The second-order valence-corrected chi connectivity index (χ2v) is 7.00. The van der Waals surface area contributed by atoms with Crippen LogP contribution in [0.4, 0.5) is 0 Å². The van der Waals surface area contributed by atoms with E-state index in [1.54, 1.807) is 18.2 Å². The lowest BCUT2D eigenvalue weighted by molar-refractivity contribution is 0.247. The van der Waals surface area contributed by atoms with Crippen LogP contribution in [0.15, 0.2) is 29.2 Å². The van der Waals surface area contributed by atoms with Crippen LogP contribution in [0.1, 0.15) is 26.3 Å². The van der Waals surface area contributed by atoms with Crippen LogP contribution >= 0.6 is 0 Å². The first-order valence-electron chi connectivity index (χ1n) is 6.66. The van der Waals surface area contributed by atoms with E-state index in [9.17, 15) is 8.42 Å². The molecule has 0 aliphatic heterocycles. The Morgan fingerprint density at radius 2 is 2.00 bits per heavy atom. The Morgan fingerprint density at radius 3 is 2.53 bits per heavy atom. The minimum atomic E-state index is -3.23. The summed E-state index contributed by atoms with van der Waals surface area (Å²) >= 11 is 0. The normalized spacial score (nSPS) is 12.3. The zero-order chi connectivity index (χ0) is 14.5. The minimum absolute atomic E-state index is 0.146. The first-order chi connectivity index (χ1) is 8.90. The second-order valence-electron chi connectivity index (χ2n) is 4.89. The molecule has 1 rings (SSSR count). The molecule has 0 aliphatic rings. The Labute approximate surface area is 116 Å². The number of nitrogens with two attached hydrogens (primary N) is 1.